The van der Waals surface area contributed by atoms with Gasteiger partial charge in [-0.05, 0) is 66.3 Å². The molecule has 1 N–H and O–H groups in total. The predicted molar refractivity (Wildman–Crippen MR) is 93.9 cm³/mol. The molecule has 1 aliphatic rings. The van der Waals surface area contributed by atoms with E-state index in [0.717, 1.165) is 24.1 Å². The van der Waals surface area contributed by atoms with Crippen molar-refractivity contribution in [3.8, 4) is 0 Å². The summed E-state index contributed by atoms with van der Waals surface area (Å²) in [4.78, 5) is 23.4. The van der Waals surface area contributed by atoms with Crippen LogP contribution in [0.4, 0.5) is 5.69 Å². The molecule has 0 radical (unpaired) electrons. The number of nitrogens with one attached hydrogen (secondary N) is 1. The van der Waals surface area contributed by atoms with Crippen LogP contribution < -0.4 is 5.32 Å². The SMILES string of the molecule is COC(=O)c1ccc(/C=C/C(=O)Nc2ccc3c(c2)CCC3)cc1. The normalized spacial score (nSPS) is 12.9. The lowest BCUT2D eigenvalue weighted by Gasteiger charge is -2.05. The monoisotopic (exact) mass is 321 g/mol. The van der Waals surface area contributed by atoms with E-state index in [1.807, 2.05) is 6.07 Å². The number of ether oxygens (including phenoxy) is 1. The number of benzene rings is 2. The van der Waals surface area contributed by atoms with E-state index >= 15 is 0 Å². The number of carbonyl (C=O) groups is 2. The Kier molecular flexibility index (Phi) is 4.75. The smallest absolute Gasteiger partial charge is 0.337 e. The van der Waals surface area contributed by atoms with Crippen molar-refractivity contribution >= 4 is 23.6 Å². The Bertz CT molecular complexity index is 791. The lowest BCUT2D eigenvalue weighted by atomic mass is 10.1. The van der Waals surface area contributed by atoms with Gasteiger partial charge >= 0.3 is 5.97 Å². The molecule has 1 amide bonds. The maximum atomic E-state index is 12.0. The minimum atomic E-state index is -0.375. The van der Waals surface area contributed by atoms with Crippen molar-refractivity contribution in [3.63, 3.8) is 0 Å². The summed E-state index contributed by atoms with van der Waals surface area (Å²) < 4.78 is 4.65. The average Bonchev–Trinajstić information content (AvgIpc) is 3.07. The number of carbonyl (C=O) groups excluding carboxylic acids is 2. The second-order valence-electron chi connectivity index (χ2n) is 5.77. The molecule has 2 aromatic carbocycles. The molecular weight excluding hydrogens is 302 g/mol. The Labute approximate surface area is 141 Å². The molecule has 122 valence electrons. The molecule has 24 heavy (non-hydrogen) atoms. The first-order chi connectivity index (χ1) is 11.7. The predicted octanol–water partition coefficient (Wildman–Crippen LogP) is 3.61. The molecule has 1 aliphatic carbocycles. The highest BCUT2D eigenvalue weighted by Gasteiger charge is 2.11. The molecule has 0 heterocycles. The van der Waals surface area contributed by atoms with Crippen LogP contribution in [0.1, 0.15) is 33.5 Å². The van der Waals surface area contributed by atoms with E-state index in [9.17, 15) is 9.59 Å². The zero-order valence-corrected chi connectivity index (χ0v) is 13.5. The van der Waals surface area contributed by atoms with Crippen molar-refractivity contribution in [2.45, 2.75) is 19.3 Å². The third kappa shape index (κ3) is 3.71. The van der Waals surface area contributed by atoms with E-state index in [1.165, 1.54) is 30.7 Å². The second kappa shape index (κ2) is 7.13. The summed E-state index contributed by atoms with van der Waals surface area (Å²) >= 11 is 0. The van der Waals surface area contributed by atoms with Crippen LogP contribution in [0.15, 0.2) is 48.5 Å². The molecule has 4 heteroatoms. The van der Waals surface area contributed by atoms with Gasteiger partial charge in [0.25, 0.3) is 0 Å². The van der Waals surface area contributed by atoms with E-state index in [-0.39, 0.29) is 11.9 Å². The van der Waals surface area contributed by atoms with Crippen LogP contribution in [-0.2, 0) is 22.4 Å². The number of anilines is 1. The zero-order chi connectivity index (χ0) is 16.9. The van der Waals surface area contributed by atoms with Gasteiger partial charge in [0.1, 0.15) is 0 Å². The fourth-order valence-electron chi connectivity index (χ4n) is 2.85. The van der Waals surface area contributed by atoms with Crippen LogP contribution in [0.5, 0.6) is 0 Å². The summed E-state index contributed by atoms with van der Waals surface area (Å²) in [6.45, 7) is 0. The molecule has 0 saturated carbocycles. The molecule has 0 aliphatic heterocycles. The molecule has 0 fully saturated rings. The molecule has 0 spiro atoms. The number of hydrogen-bond acceptors (Lipinski definition) is 3. The number of rotatable bonds is 4. The van der Waals surface area contributed by atoms with Crippen molar-refractivity contribution in [1.82, 2.24) is 0 Å². The maximum Gasteiger partial charge on any atom is 0.337 e. The Morgan fingerprint density at radius 2 is 1.79 bits per heavy atom. The number of esters is 1. The maximum absolute atomic E-state index is 12.0. The largest absolute Gasteiger partial charge is 0.465 e. The first-order valence-electron chi connectivity index (χ1n) is 7.95. The number of hydrogen-bond donors (Lipinski definition) is 1. The summed E-state index contributed by atoms with van der Waals surface area (Å²) in [6, 6.07) is 13.0. The summed E-state index contributed by atoms with van der Waals surface area (Å²) in [5, 5.41) is 2.88. The van der Waals surface area contributed by atoms with Gasteiger partial charge in [-0.3, -0.25) is 4.79 Å². The minimum Gasteiger partial charge on any atom is -0.465 e. The van der Waals surface area contributed by atoms with Gasteiger partial charge in [0.2, 0.25) is 5.91 Å². The first-order valence-corrected chi connectivity index (χ1v) is 7.95. The topological polar surface area (TPSA) is 55.4 Å². The van der Waals surface area contributed by atoms with Gasteiger partial charge in [0.05, 0.1) is 12.7 Å². The molecule has 2 aromatic rings. The van der Waals surface area contributed by atoms with Gasteiger partial charge in [-0.25, -0.2) is 4.79 Å². The van der Waals surface area contributed by atoms with Crippen LogP contribution in [0, 0.1) is 0 Å². The second-order valence-corrected chi connectivity index (χ2v) is 5.77. The molecule has 4 nitrogen and oxygen atoms in total. The number of fused-ring (bicyclic) bond motifs is 1. The summed E-state index contributed by atoms with van der Waals surface area (Å²) in [5.41, 5.74) is 4.86. The van der Waals surface area contributed by atoms with Gasteiger partial charge < -0.3 is 10.1 Å². The van der Waals surface area contributed by atoms with Crippen molar-refractivity contribution in [3.05, 3.63) is 70.8 Å². The standard InChI is InChI=1S/C20H19NO3/c1-24-20(23)16-8-5-14(6-9-16)7-12-19(22)21-18-11-10-15-3-2-4-17(15)13-18/h5-13H,2-4H2,1H3,(H,21,22)/b12-7+. The fraction of sp³-hybridized carbons (Fsp3) is 0.200. The van der Waals surface area contributed by atoms with Crippen molar-refractivity contribution in [1.29, 1.82) is 0 Å². The molecule has 0 aromatic heterocycles. The van der Waals surface area contributed by atoms with Gasteiger partial charge in [-0.15, -0.1) is 0 Å². The number of amides is 1. The summed E-state index contributed by atoms with van der Waals surface area (Å²) in [5.74, 6) is -0.551. The van der Waals surface area contributed by atoms with E-state index in [0.29, 0.717) is 5.56 Å². The first kappa shape index (κ1) is 16.0. The highest BCUT2D eigenvalue weighted by molar-refractivity contribution is 6.02. The van der Waals surface area contributed by atoms with Crippen LogP contribution >= 0.6 is 0 Å². The zero-order valence-electron chi connectivity index (χ0n) is 13.5. The van der Waals surface area contributed by atoms with E-state index in [2.05, 4.69) is 22.2 Å². The van der Waals surface area contributed by atoms with Crippen molar-refractivity contribution in [2.24, 2.45) is 0 Å². The van der Waals surface area contributed by atoms with Gasteiger partial charge in [-0.2, -0.15) is 0 Å². The van der Waals surface area contributed by atoms with E-state index in [4.69, 9.17) is 0 Å². The molecule has 0 bridgehead atoms. The van der Waals surface area contributed by atoms with E-state index < -0.39 is 0 Å². The summed E-state index contributed by atoms with van der Waals surface area (Å²) in [7, 11) is 1.35. The Morgan fingerprint density at radius 3 is 2.54 bits per heavy atom. The third-order valence-corrected chi connectivity index (χ3v) is 4.12. The third-order valence-electron chi connectivity index (χ3n) is 4.12. The van der Waals surface area contributed by atoms with Crippen molar-refractivity contribution < 1.29 is 14.3 Å². The fourth-order valence-corrected chi connectivity index (χ4v) is 2.85. The average molecular weight is 321 g/mol. The van der Waals surface area contributed by atoms with Crippen LogP contribution in [0.2, 0.25) is 0 Å². The van der Waals surface area contributed by atoms with Crippen LogP contribution in [-0.4, -0.2) is 19.0 Å². The Morgan fingerprint density at radius 1 is 1.04 bits per heavy atom. The lowest BCUT2D eigenvalue weighted by molar-refractivity contribution is -0.111. The molecule has 0 atom stereocenters. The molecule has 3 rings (SSSR count). The van der Waals surface area contributed by atoms with Gasteiger partial charge in [0.15, 0.2) is 0 Å². The van der Waals surface area contributed by atoms with Crippen LogP contribution in [0.25, 0.3) is 6.08 Å². The summed E-state index contributed by atoms with van der Waals surface area (Å²) in [6.07, 6.45) is 6.60. The number of methoxy groups -OCH3 is 1. The van der Waals surface area contributed by atoms with Crippen LogP contribution in [0.3, 0.4) is 0 Å². The highest BCUT2D eigenvalue weighted by atomic mass is 16.5. The quantitative estimate of drug-likeness (QED) is 0.691. The molecular formula is C20H19NO3. The lowest BCUT2D eigenvalue weighted by Crippen LogP contribution is -2.08. The minimum absolute atomic E-state index is 0.176. The number of aryl methyl sites for hydroxylation is 2. The Balaban J connectivity index is 1.62. The van der Waals surface area contributed by atoms with E-state index in [1.54, 1.807) is 30.3 Å². The van der Waals surface area contributed by atoms with Gasteiger partial charge in [0, 0.05) is 11.8 Å². The van der Waals surface area contributed by atoms with Crippen molar-refractivity contribution in [2.75, 3.05) is 12.4 Å². The molecule has 0 saturated heterocycles. The van der Waals surface area contributed by atoms with Gasteiger partial charge in [-0.1, -0.05) is 18.2 Å². The highest BCUT2D eigenvalue weighted by Crippen LogP contribution is 2.24. The molecule has 0 unspecified atom stereocenters. The Hall–Kier alpha value is -2.88.